The molecule has 0 saturated carbocycles. The lowest BCUT2D eigenvalue weighted by molar-refractivity contribution is -0.140. The molecule has 0 unspecified atom stereocenters. The highest BCUT2D eigenvalue weighted by molar-refractivity contribution is 7.09. The second-order valence-corrected chi connectivity index (χ2v) is 8.08. The topological polar surface area (TPSA) is 52.6 Å². The zero-order chi connectivity index (χ0) is 21.6. The lowest BCUT2D eigenvalue weighted by atomic mass is 10.0. The second kappa shape index (κ2) is 10.2. The van der Waals surface area contributed by atoms with Crippen LogP contribution in [0.15, 0.2) is 34.6 Å². The molecule has 1 fully saturated rings. The highest BCUT2D eigenvalue weighted by Gasteiger charge is 2.33. The Morgan fingerprint density at radius 1 is 1.23 bits per heavy atom. The van der Waals surface area contributed by atoms with Crippen LogP contribution in [0.5, 0.6) is 0 Å². The maximum atomic E-state index is 13.0. The van der Waals surface area contributed by atoms with Gasteiger partial charge >= 0.3 is 6.18 Å². The number of likely N-dealkylation sites (tertiary alicyclic amines) is 1. The van der Waals surface area contributed by atoms with Crippen molar-refractivity contribution < 1.29 is 17.6 Å². The Balaban J connectivity index is 1.50. The Hall–Kier alpha value is -2.20. The number of halogens is 4. The van der Waals surface area contributed by atoms with Crippen LogP contribution in [0.3, 0.4) is 0 Å². The number of benzene rings is 1. The first-order valence-corrected chi connectivity index (χ1v) is 10.7. The maximum absolute atomic E-state index is 13.0. The van der Waals surface area contributed by atoms with Gasteiger partial charge in [-0.15, -0.1) is 11.3 Å². The number of nitrogens with zero attached hydrogens (tertiary/aromatic N) is 3. The number of hydrogen-bond acceptors (Lipinski definition) is 4. The standard InChI is InChI=1S/C20H25F4N5S/c1-2-25-19(26-11-18-28-17(13-30-18)20(22,23)24)27-16-7-9-29(10-8-16)12-14-3-5-15(21)6-4-14/h3-6,13,16H,2,7-12H2,1H3,(H2,25,26,27). The molecular formula is C20H25F4N5S. The molecule has 2 N–H and O–H groups in total. The smallest absolute Gasteiger partial charge is 0.357 e. The first kappa shape index (κ1) is 22.5. The molecule has 1 aromatic carbocycles. The fourth-order valence-corrected chi connectivity index (χ4v) is 3.98. The van der Waals surface area contributed by atoms with Crippen molar-refractivity contribution in [3.8, 4) is 0 Å². The molecule has 0 bridgehead atoms. The molecule has 1 aliphatic heterocycles. The number of rotatable bonds is 6. The van der Waals surface area contributed by atoms with Crippen molar-refractivity contribution >= 4 is 17.3 Å². The van der Waals surface area contributed by atoms with E-state index in [-0.39, 0.29) is 18.4 Å². The minimum absolute atomic E-state index is 0.0967. The van der Waals surface area contributed by atoms with E-state index in [0.29, 0.717) is 17.5 Å². The van der Waals surface area contributed by atoms with E-state index in [1.807, 2.05) is 6.92 Å². The minimum atomic E-state index is -4.43. The third-order valence-corrected chi connectivity index (χ3v) is 5.64. The van der Waals surface area contributed by atoms with Crippen molar-refractivity contribution in [1.29, 1.82) is 0 Å². The summed E-state index contributed by atoms with van der Waals surface area (Å²) in [6.07, 6.45) is -2.59. The van der Waals surface area contributed by atoms with Gasteiger partial charge in [0.05, 0.1) is 6.54 Å². The zero-order valence-corrected chi connectivity index (χ0v) is 17.5. The number of aliphatic imine (C=N–C) groups is 1. The number of piperidine rings is 1. The number of aromatic nitrogens is 1. The molecule has 0 radical (unpaired) electrons. The van der Waals surface area contributed by atoms with Gasteiger partial charge in [0.25, 0.3) is 0 Å². The van der Waals surface area contributed by atoms with Crippen molar-refractivity contribution in [2.75, 3.05) is 19.6 Å². The van der Waals surface area contributed by atoms with Gasteiger partial charge in [-0.05, 0) is 37.5 Å². The van der Waals surface area contributed by atoms with Gasteiger partial charge in [-0.25, -0.2) is 14.4 Å². The Bertz CT molecular complexity index is 826. The van der Waals surface area contributed by atoms with E-state index in [2.05, 4.69) is 25.5 Å². The summed E-state index contributed by atoms with van der Waals surface area (Å²) in [7, 11) is 0. The Morgan fingerprint density at radius 2 is 1.93 bits per heavy atom. The van der Waals surface area contributed by atoms with E-state index in [0.717, 1.165) is 54.8 Å². The highest BCUT2D eigenvalue weighted by atomic mass is 32.1. The first-order chi connectivity index (χ1) is 14.3. The molecule has 2 aromatic rings. The van der Waals surface area contributed by atoms with Crippen LogP contribution in [0.1, 0.15) is 36.0 Å². The molecule has 3 rings (SSSR count). The van der Waals surface area contributed by atoms with Crippen LogP contribution >= 0.6 is 11.3 Å². The fourth-order valence-electron chi connectivity index (χ4n) is 3.26. The molecule has 164 valence electrons. The Labute approximate surface area is 177 Å². The van der Waals surface area contributed by atoms with Crippen molar-refractivity contribution in [2.24, 2.45) is 4.99 Å². The Morgan fingerprint density at radius 3 is 2.53 bits per heavy atom. The molecule has 1 aliphatic rings. The average Bonchev–Trinajstić information content (AvgIpc) is 3.19. The predicted molar refractivity (Wildman–Crippen MR) is 110 cm³/mol. The van der Waals surface area contributed by atoms with Gasteiger partial charge in [0, 0.05) is 37.6 Å². The molecule has 0 amide bonds. The van der Waals surface area contributed by atoms with E-state index < -0.39 is 11.9 Å². The van der Waals surface area contributed by atoms with Crippen molar-refractivity contribution in [3.63, 3.8) is 0 Å². The van der Waals surface area contributed by atoms with Crippen LogP contribution < -0.4 is 10.6 Å². The third-order valence-electron chi connectivity index (χ3n) is 4.81. The van der Waals surface area contributed by atoms with Crippen LogP contribution in [0.25, 0.3) is 0 Å². The van der Waals surface area contributed by atoms with Gasteiger partial charge < -0.3 is 10.6 Å². The summed E-state index contributed by atoms with van der Waals surface area (Å²) >= 11 is 0.961. The normalized spacial score (nSPS) is 16.6. The fraction of sp³-hybridized carbons (Fsp3) is 0.500. The summed E-state index contributed by atoms with van der Waals surface area (Å²) < 4.78 is 51.1. The second-order valence-electron chi connectivity index (χ2n) is 7.14. The summed E-state index contributed by atoms with van der Waals surface area (Å²) in [5, 5.41) is 7.85. The van der Waals surface area contributed by atoms with Crippen LogP contribution in [0, 0.1) is 5.82 Å². The van der Waals surface area contributed by atoms with Crippen molar-refractivity contribution in [3.05, 3.63) is 51.7 Å². The first-order valence-electron chi connectivity index (χ1n) is 9.86. The van der Waals surface area contributed by atoms with E-state index in [4.69, 9.17) is 0 Å². The van der Waals surface area contributed by atoms with Gasteiger partial charge in [0.2, 0.25) is 0 Å². The molecule has 10 heteroatoms. The number of thiazole rings is 1. The molecule has 2 heterocycles. The summed E-state index contributed by atoms with van der Waals surface area (Å²) in [5.41, 5.74) is 0.212. The predicted octanol–water partition coefficient (Wildman–Crippen LogP) is 4.02. The van der Waals surface area contributed by atoms with Gasteiger partial charge in [0.1, 0.15) is 10.8 Å². The van der Waals surface area contributed by atoms with Crippen LogP contribution in [-0.2, 0) is 19.3 Å². The SMILES string of the molecule is CCNC(=NCc1nc(C(F)(F)F)cs1)NC1CCN(Cc2ccc(F)cc2)CC1. The van der Waals surface area contributed by atoms with E-state index >= 15 is 0 Å². The van der Waals surface area contributed by atoms with Gasteiger partial charge in [-0.2, -0.15) is 13.2 Å². The van der Waals surface area contributed by atoms with Gasteiger partial charge in [0.15, 0.2) is 11.7 Å². The summed E-state index contributed by atoms with van der Waals surface area (Å²) in [5.74, 6) is 0.350. The molecule has 0 aliphatic carbocycles. The molecular weight excluding hydrogens is 418 g/mol. The molecule has 5 nitrogen and oxygen atoms in total. The van der Waals surface area contributed by atoms with Crippen LogP contribution in [-0.4, -0.2) is 41.5 Å². The quantitative estimate of drug-likeness (QED) is 0.402. The minimum Gasteiger partial charge on any atom is -0.357 e. The number of alkyl halides is 3. The molecule has 30 heavy (non-hydrogen) atoms. The summed E-state index contributed by atoms with van der Waals surface area (Å²) in [6, 6.07) is 6.79. The molecule has 0 spiro atoms. The van der Waals surface area contributed by atoms with Gasteiger partial charge in [-0.1, -0.05) is 12.1 Å². The monoisotopic (exact) mass is 443 g/mol. The van der Waals surface area contributed by atoms with Gasteiger partial charge in [-0.3, -0.25) is 4.90 Å². The van der Waals surface area contributed by atoms with Crippen LogP contribution in [0.2, 0.25) is 0 Å². The van der Waals surface area contributed by atoms with E-state index in [9.17, 15) is 17.6 Å². The van der Waals surface area contributed by atoms with Crippen molar-refractivity contribution in [2.45, 2.75) is 45.1 Å². The lowest BCUT2D eigenvalue weighted by Gasteiger charge is -2.33. The number of hydrogen-bond donors (Lipinski definition) is 2. The lowest BCUT2D eigenvalue weighted by Crippen LogP contribution is -2.48. The van der Waals surface area contributed by atoms with Crippen LogP contribution in [0.4, 0.5) is 17.6 Å². The number of nitrogens with one attached hydrogen (secondary N) is 2. The highest BCUT2D eigenvalue weighted by Crippen LogP contribution is 2.30. The Kier molecular flexibility index (Phi) is 7.65. The maximum Gasteiger partial charge on any atom is 0.434 e. The third kappa shape index (κ3) is 6.66. The van der Waals surface area contributed by atoms with Crippen molar-refractivity contribution in [1.82, 2.24) is 20.5 Å². The zero-order valence-electron chi connectivity index (χ0n) is 16.7. The number of guanidine groups is 1. The summed E-state index contributed by atoms with van der Waals surface area (Å²) in [6.45, 7) is 5.27. The largest absolute Gasteiger partial charge is 0.434 e. The molecule has 1 saturated heterocycles. The molecule has 1 aromatic heterocycles. The molecule has 0 atom stereocenters. The van der Waals surface area contributed by atoms with E-state index in [1.165, 1.54) is 12.1 Å². The summed E-state index contributed by atoms with van der Waals surface area (Å²) in [4.78, 5) is 10.3. The average molecular weight is 444 g/mol. The van der Waals surface area contributed by atoms with E-state index in [1.54, 1.807) is 12.1 Å².